The quantitative estimate of drug-likeness (QED) is 0.641. The standard InChI is InChI=1S/C17H30N4S/c1-5-14-11-19-15(22-14)12-20-16(18-6-2)21-13-7-9-17(3,4)10-8-13/h11,13H,5-10,12H2,1-4H3,(H2,18,20,21). The molecule has 0 amide bonds. The molecule has 0 aromatic carbocycles. The lowest BCUT2D eigenvalue weighted by atomic mass is 9.75. The minimum absolute atomic E-state index is 0.505. The van der Waals surface area contributed by atoms with Crippen molar-refractivity contribution < 1.29 is 0 Å². The van der Waals surface area contributed by atoms with Crippen molar-refractivity contribution in [3.8, 4) is 0 Å². The van der Waals surface area contributed by atoms with Crippen LogP contribution >= 0.6 is 11.3 Å². The van der Waals surface area contributed by atoms with E-state index in [1.807, 2.05) is 6.20 Å². The van der Waals surface area contributed by atoms with Gasteiger partial charge < -0.3 is 10.6 Å². The van der Waals surface area contributed by atoms with Crippen LogP contribution in [-0.2, 0) is 13.0 Å². The fraction of sp³-hybridized carbons (Fsp3) is 0.765. The number of guanidine groups is 1. The number of aliphatic imine (C=N–C) groups is 1. The van der Waals surface area contributed by atoms with Gasteiger partial charge >= 0.3 is 0 Å². The van der Waals surface area contributed by atoms with E-state index in [4.69, 9.17) is 4.99 Å². The van der Waals surface area contributed by atoms with E-state index >= 15 is 0 Å². The number of aryl methyl sites for hydroxylation is 1. The number of thiazole rings is 1. The van der Waals surface area contributed by atoms with Crippen LogP contribution in [0.4, 0.5) is 0 Å². The molecule has 2 rings (SSSR count). The van der Waals surface area contributed by atoms with E-state index in [1.165, 1.54) is 30.6 Å². The lowest BCUT2D eigenvalue weighted by molar-refractivity contribution is 0.216. The van der Waals surface area contributed by atoms with Gasteiger partial charge in [0.2, 0.25) is 0 Å². The van der Waals surface area contributed by atoms with Gasteiger partial charge in [-0.25, -0.2) is 9.98 Å². The fourth-order valence-electron chi connectivity index (χ4n) is 2.79. The summed E-state index contributed by atoms with van der Waals surface area (Å²) in [5, 5.41) is 8.05. The van der Waals surface area contributed by atoms with Gasteiger partial charge in [-0.05, 0) is 44.4 Å². The molecule has 0 saturated heterocycles. The van der Waals surface area contributed by atoms with Gasteiger partial charge in [-0.3, -0.25) is 0 Å². The van der Waals surface area contributed by atoms with E-state index in [9.17, 15) is 0 Å². The highest BCUT2D eigenvalue weighted by molar-refractivity contribution is 7.11. The summed E-state index contributed by atoms with van der Waals surface area (Å²) in [6.45, 7) is 10.6. The highest BCUT2D eigenvalue weighted by atomic mass is 32.1. The highest BCUT2D eigenvalue weighted by Crippen LogP contribution is 2.34. The third kappa shape index (κ3) is 5.27. The summed E-state index contributed by atoms with van der Waals surface area (Å²) in [5.74, 6) is 0.931. The lowest BCUT2D eigenvalue weighted by Crippen LogP contribution is -2.45. The Morgan fingerprint density at radius 2 is 2.09 bits per heavy atom. The molecule has 0 unspecified atom stereocenters. The first-order valence-corrected chi connectivity index (χ1v) is 9.32. The van der Waals surface area contributed by atoms with Gasteiger partial charge in [-0.15, -0.1) is 11.3 Å². The number of aromatic nitrogens is 1. The van der Waals surface area contributed by atoms with Crippen molar-refractivity contribution in [2.24, 2.45) is 10.4 Å². The summed E-state index contributed by atoms with van der Waals surface area (Å²) in [5.41, 5.74) is 0.505. The highest BCUT2D eigenvalue weighted by Gasteiger charge is 2.27. The topological polar surface area (TPSA) is 49.3 Å². The molecule has 1 aliphatic rings. The second-order valence-electron chi connectivity index (χ2n) is 6.85. The summed E-state index contributed by atoms with van der Waals surface area (Å²) < 4.78 is 0. The molecule has 1 heterocycles. The van der Waals surface area contributed by atoms with Gasteiger partial charge in [0, 0.05) is 23.7 Å². The average molecular weight is 323 g/mol. The Morgan fingerprint density at radius 1 is 1.36 bits per heavy atom. The molecule has 0 atom stereocenters. The van der Waals surface area contributed by atoms with Crippen molar-refractivity contribution in [2.75, 3.05) is 6.54 Å². The van der Waals surface area contributed by atoms with Crippen LogP contribution in [0.5, 0.6) is 0 Å². The molecule has 22 heavy (non-hydrogen) atoms. The predicted molar refractivity (Wildman–Crippen MR) is 95.5 cm³/mol. The van der Waals surface area contributed by atoms with Crippen LogP contribution in [0.2, 0.25) is 0 Å². The summed E-state index contributed by atoms with van der Waals surface area (Å²) in [7, 11) is 0. The Hall–Kier alpha value is -1.10. The minimum atomic E-state index is 0.505. The Kier molecular flexibility index (Phi) is 6.24. The van der Waals surface area contributed by atoms with Crippen molar-refractivity contribution in [3.05, 3.63) is 16.1 Å². The minimum Gasteiger partial charge on any atom is -0.357 e. The van der Waals surface area contributed by atoms with Crippen molar-refractivity contribution in [1.29, 1.82) is 0 Å². The third-order valence-electron chi connectivity index (χ3n) is 4.35. The number of nitrogens with zero attached hydrogens (tertiary/aromatic N) is 2. The normalized spacial score (nSPS) is 19.2. The number of hydrogen-bond donors (Lipinski definition) is 2. The summed E-state index contributed by atoms with van der Waals surface area (Å²) in [6.07, 6.45) is 8.06. The van der Waals surface area contributed by atoms with Gasteiger partial charge in [0.1, 0.15) is 5.01 Å². The second kappa shape index (κ2) is 7.95. The maximum Gasteiger partial charge on any atom is 0.191 e. The Bertz CT molecular complexity index is 483. The predicted octanol–water partition coefficient (Wildman–Crippen LogP) is 3.73. The van der Waals surface area contributed by atoms with E-state index < -0.39 is 0 Å². The maximum atomic E-state index is 4.70. The number of hydrogen-bond acceptors (Lipinski definition) is 3. The number of nitrogens with one attached hydrogen (secondary N) is 2. The van der Waals surface area contributed by atoms with E-state index in [-0.39, 0.29) is 0 Å². The first kappa shape index (κ1) is 17.3. The molecule has 0 bridgehead atoms. The average Bonchev–Trinajstić information content (AvgIpc) is 2.95. The SMILES string of the molecule is CCNC(=NCc1ncc(CC)s1)NC1CCC(C)(C)CC1. The van der Waals surface area contributed by atoms with Gasteiger partial charge in [0.25, 0.3) is 0 Å². The summed E-state index contributed by atoms with van der Waals surface area (Å²) in [4.78, 5) is 10.5. The van der Waals surface area contributed by atoms with E-state index in [0.717, 1.165) is 23.9 Å². The second-order valence-corrected chi connectivity index (χ2v) is 8.05. The van der Waals surface area contributed by atoms with Gasteiger partial charge in [-0.2, -0.15) is 0 Å². The van der Waals surface area contributed by atoms with Crippen LogP contribution in [-0.4, -0.2) is 23.5 Å². The smallest absolute Gasteiger partial charge is 0.191 e. The molecule has 1 aliphatic carbocycles. The molecule has 2 N–H and O–H groups in total. The molecule has 0 radical (unpaired) electrons. The van der Waals surface area contributed by atoms with Gasteiger partial charge in [0.15, 0.2) is 5.96 Å². The largest absolute Gasteiger partial charge is 0.357 e. The van der Waals surface area contributed by atoms with Gasteiger partial charge in [-0.1, -0.05) is 20.8 Å². The third-order valence-corrected chi connectivity index (χ3v) is 5.47. The van der Waals surface area contributed by atoms with Crippen molar-refractivity contribution in [2.45, 2.75) is 72.4 Å². The van der Waals surface area contributed by atoms with Crippen LogP contribution < -0.4 is 10.6 Å². The van der Waals surface area contributed by atoms with E-state index in [0.29, 0.717) is 18.0 Å². The molecule has 1 aromatic rings. The monoisotopic (exact) mass is 322 g/mol. The van der Waals surface area contributed by atoms with Crippen LogP contribution in [0.3, 0.4) is 0 Å². The van der Waals surface area contributed by atoms with Gasteiger partial charge in [0.05, 0.1) is 6.54 Å². The van der Waals surface area contributed by atoms with Crippen molar-refractivity contribution in [1.82, 2.24) is 15.6 Å². The first-order valence-electron chi connectivity index (χ1n) is 8.51. The van der Waals surface area contributed by atoms with Crippen LogP contribution in [0.25, 0.3) is 0 Å². The molecular formula is C17H30N4S. The Morgan fingerprint density at radius 3 is 2.68 bits per heavy atom. The molecule has 0 aliphatic heterocycles. The van der Waals surface area contributed by atoms with Crippen LogP contribution in [0.15, 0.2) is 11.2 Å². The first-order chi connectivity index (χ1) is 10.5. The molecular weight excluding hydrogens is 292 g/mol. The maximum absolute atomic E-state index is 4.70. The zero-order chi connectivity index (χ0) is 16.0. The molecule has 0 spiro atoms. The molecule has 124 valence electrons. The van der Waals surface area contributed by atoms with E-state index in [1.54, 1.807) is 11.3 Å². The molecule has 4 nitrogen and oxygen atoms in total. The summed E-state index contributed by atoms with van der Waals surface area (Å²) >= 11 is 1.77. The molecule has 1 aromatic heterocycles. The fourth-order valence-corrected chi connectivity index (χ4v) is 3.58. The lowest BCUT2D eigenvalue weighted by Gasteiger charge is -2.35. The van der Waals surface area contributed by atoms with E-state index in [2.05, 4.69) is 43.3 Å². The Labute approximate surface area is 138 Å². The Balaban J connectivity index is 1.90. The molecule has 1 fully saturated rings. The summed E-state index contributed by atoms with van der Waals surface area (Å²) in [6, 6.07) is 0.549. The molecule has 5 heteroatoms. The zero-order valence-corrected chi connectivity index (χ0v) is 15.2. The van der Waals surface area contributed by atoms with Crippen LogP contribution in [0.1, 0.15) is 63.3 Å². The van der Waals surface area contributed by atoms with Crippen molar-refractivity contribution in [3.63, 3.8) is 0 Å². The number of rotatable bonds is 5. The van der Waals surface area contributed by atoms with Crippen molar-refractivity contribution >= 4 is 17.3 Å². The van der Waals surface area contributed by atoms with Crippen LogP contribution in [0, 0.1) is 5.41 Å². The zero-order valence-electron chi connectivity index (χ0n) is 14.4. The molecule has 1 saturated carbocycles.